The van der Waals surface area contributed by atoms with Crippen molar-refractivity contribution in [2.24, 2.45) is 5.92 Å². The minimum atomic E-state index is -4.69. The van der Waals surface area contributed by atoms with Crippen molar-refractivity contribution in [2.45, 2.75) is 23.9 Å². The molecule has 0 unspecified atom stereocenters. The Balaban J connectivity index is 2.26. The molecule has 22 heavy (non-hydrogen) atoms. The Hall–Kier alpha value is -1.12. The summed E-state index contributed by atoms with van der Waals surface area (Å²) in [6.07, 6.45) is -3.39. The highest BCUT2D eigenvalue weighted by Crippen LogP contribution is 2.35. The average molecular weight is 336 g/mol. The Morgan fingerprint density at radius 2 is 1.82 bits per heavy atom. The van der Waals surface area contributed by atoms with Gasteiger partial charge in [0.1, 0.15) is 0 Å². The first-order valence-corrected chi connectivity index (χ1v) is 8.52. The summed E-state index contributed by atoms with van der Waals surface area (Å²) in [7, 11) is -2.30. The highest BCUT2D eigenvalue weighted by atomic mass is 32.2. The maximum atomic E-state index is 13.0. The van der Waals surface area contributed by atoms with Crippen LogP contribution in [0.5, 0.6) is 0 Å². The van der Waals surface area contributed by atoms with Crippen LogP contribution in [-0.4, -0.2) is 39.4 Å². The van der Waals surface area contributed by atoms with Crippen LogP contribution in [0, 0.1) is 5.92 Å². The Bertz CT molecular complexity index is 609. The van der Waals surface area contributed by atoms with Crippen molar-refractivity contribution >= 4 is 10.0 Å². The number of nitrogens with zero attached hydrogens (tertiary/aromatic N) is 1. The molecule has 4 nitrogen and oxygen atoms in total. The molecule has 1 aromatic rings. The lowest BCUT2D eigenvalue weighted by Gasteiger charge is -2.31. The van der Waals surface area contributed by atoms with E-state index in [0.29, 0.717) is 18.8 Å². The number of halogens is 3. The van der Waals surface area contributed by atoms with Gasteiger partial charge in [-0.3, -0.25) is 0 Å². The van der Waals surface area contributed by atoms with Gasteiger partial charge in [0.05, 0.1) is 10.5 Å². The third-order valence-electron chi connectivity index (χ3n) is 3.88. The van der Waals surface area contributed by atoms with Gasteiger partial charge in [-0.05, 0) is 44.5 Å². The zero-order valence-electron chi connectivity index (χ0n) is 12.2. The number of hydrogen-bond donors (Lipinski definition) is 1. The predicted molar refractivity (Wildman–Crippen MR) is 76.9 cm³/mol. The van der Waals surface area contributed by atoms with Gasteiger partial charge in [0.25, 0.3) is 0 Å². The number of piperidine rings is 1. The minimum Gasteiger partial charge on any atom is -0.319 e. The van der Waals surface area contributed by atoms with E-state index in [0.717, 1.165) is 23.0 Å². The highest BCUT2D eigenvalue weighted by molar-refractivity contribution is 7.89. The first-order valence-electron chi connectivity index (χ1n) is 7.08. The third-order valence-corrected chi connectivity index (χ3v) is 5.83. The molecular formula is C14H19F3N2O2S. The van der Waals surface area contributed by atoms with Gasteiger partial charge in [-0.2, -0.15) is 17.5 Å². The van der Waals surface area contributed by atoms with Crippen molar-refractivity contribution in [1.29, 1.82) is 0 Å². The summed E-state index contributed by atoms with van der Waals surface area (Å²) in [5.74, 6) is 0.356. The second-order valence-electron chi connectivity index (χ2n) is 5.40. The van der Waals surface area contributed by atoms with Gasteiger partial charge in [-0.15, -0.1) is 0 Å². The number of hydrogen-bond acceptors (Lipinski definition) is 3. The molecule has 1 aromatic carbocycles. The molecule has 1 N–H and O–H groups in total. The minimum absolute atomic E-state index is 0.251. The Kier molecular flexibility index (Phi) is 5.14. The van der Waals surface area contributed by atoms with Crippen LogP contribution in [0.15, 0.2) is 29.2 Å². The van der Waals surface area contributed by atoms with Gasteiger partial charge in [0, 0.05) is 13.1 Å². The summed E-state index contributed by atoms with van der Waals surface area (Å²) in [5.41, 5.74) is -1.10. The van der Waals surface area contributed by atoms with Crippen LogP contribution < -0.4 is 5.32 Å². The number of sulfonamides is 1. The van der Waals surface area contributed by atoms with E-state index in [-0.39, 0.29) is 13.1 Å². The van der Waals surface area contributed by atoms with Crippen LogP contribution in [-0.2, 0) is 16.2 Å². The zero-order chi connectivity index (χ0) is 16.4. The number of benzene rings is 1. The molecule has 0 bridgehead atoms. The first-order chi connectivity index (χ1) is 10.3. The van der Waals surface area contributed by atoms with Crippen LogP contribution >= 0.6 is 0 Å². The predicted octanol–water partition coefficient (Wildman–Crippen LogP) is 2.33. The lowest BCUT2D eigenvalue weighted by Crippen LogP contribution is -2.40. The number of alkyl halides is 3. The maximum Gasteiger partial charge on any atom is 0.417 e. The molecule has 0 spiro atoms. The van der Waals surface area contributed by atoms with E-state index in [2.05, 4.69) is 5.32 Å². The Labute approximate surface area is 128 Å². The molecular weight excluding hydrogens is 317 g/mol. The van der Waals surface area contributed by atoms with E-state index in [1.165, 1.54) is 12.1 Å². The standard InChI is InChI=1S/C14H19F3N2O2S/c1-18-10-11-6-8-19(9-7-11)22(20,21)13-5-3-2-4-12(13)14(15,16)17/h2-5,11,18H,6-10H2,1H3. The van der Waals surface area contributed by atoms with Crippen molar-refractivity contribution in [3.8, 4) is 0 Å². The number of nitrogens with one attached hydrogen (secondary N) is 1. The van der Waals surface area contributed by atoms with Crippen molar-refractivity contribution in [3.63, 3.8) is 0 Å². The fourth-order valence-corrected chi connectivity index (χ4v) is 4.39. The van der Waals surface area contributed by atoms with Gasteiger partial charge in [-0.25, -0.2) is 8.42 Å². The summed E-state index contributed by atoms with van der Waals surface area (Å²) >= 11 is 0. The summed E-state index contributed by atoms with van der Waals surface area (Å²) in [6, 6.07) is 4.34. The van der Waals surface area contributed by atoms with Crippen LogP contribution in [0.1, 0.15) is 18.4 Å². The molecule has 2 rings (SSSR count). The molecule has 124 valence electrons. The SMILES string of the molecule is CNCC1CCN(S(=O)(=O)c2ccccc2C(F)(F)F)CC1. The molecule has 0 aromatic heterocycles. The molecule has 0 saturated carbocycles. The molecule has 0 atom stereocenters. The van der Waals surface area contributed by atoms with Crippen LogP contribution in [0.3, 0.4) is 0 Å². The highest BCUT2D eigenvalue weighted by Gasteiger charge is 2.39. The second-order valence-corrected chi connectivity index (χ2v) is 7.31. The van der Waals surface area contributed by atoms with Crippen molar-refractivity contribution < 1.29 is 21.6 Å². The van der Waals surface area contributed by atoms with Crippen LogP contribution in [0.2, 0.25) is 0 Å². The lowest BCUT2D eigenvalue weighted by atomic mass is 9.98. The molecule has 0 radical (unpaired) electrons. The van der Waals surface area contributed by atoms with E-state index in [1.54, 1.807) is 0 Å². The summed E-state index contributed by atoms with van der Waals surface area (Å²) in [4.78, 5) is -0.658. The van der Waals surface area contributed by atoms with Gasteiger partial charge in [0.15, 0.2) is 0 Å². The molecule has 1 aliphatic heterocycles. The van der Waals surface area contributed by atoms with Crippen molar-refractivity contribution in [3.05, 3.63) is 29.8 Å². The van der Waals surface area contributed by atoms with E-state index in [1.807, 2.05) is 7.05 Å². The maximum absolute atomic E-state index is 13.0. The zero-order valence-corrected chi connectivity index (χ0v) is 13.0. The Morgan fingerprint density at radius 1 is 1.23 bits per heavy atom. The molecule has 8 heteroatoms. The molecule has 1 saturated heterocycles. The molecule has 0 amide bonds. The second kappa shape index (κ2) is 6.55. The quantitative estimate of drug-likeness (QED) is 0.918. The number of rotatable bonds is 4. The third kappa shape index (κ3) is 3.61. The van der Waals surface area contributed by atoms with E-state index >= 15 is 0 Å². The van der Waals surface area contributed by atoms with Gasteiger partial charge in [0.2, 0.25) is 10.0 Å². The topological polar surface area (TPSA) is 49.4 Å². The first kappa shape index (κ1) is 17.2. The largest absolute Gasteiger partial charge is 0.417 e. The van der Waals surface area contributed by atoms with Crippen LogP contribution in [0.4, 0.5) is 13.2 Å². The summed E-state index contributed by atoms with van der Waals surface area (Å²) in [6.45, 7) is 1.29. The molecule has 1 heterocycles. The lowest BCUT2D eigenvalue weighted by molar-refractivity contribution is -0.139. The van der Waals surface area contributed by atoms with Crippen molar-refractivity contribution in [1.82, 2.24) is 9.62 Å². The van der Waals surface area contributed by atoms with Crippen LogP contribution in [0.25, 0.3) is 0 Å². The van der Waals surface area contributed by atoms with E-state index in [4.69, 9.17) is 0 Å². The average Bonchev–Trinajstić information content (AvgIpc) is 2.47. The smallest absolute Gasteiger partial charge is 0.319 e. The summed E-state index contributed by atoms with van der Waals surface area (Å²) < 4.78 is 65.3. The van der Waals surface area contributed by atoms with Gasteiger partial charge >= 0.3 is 6.18 Å². The molecule has 0 aliphatic carbocycles. The molecule has 1 fully saturated rings. The fraction of sp³-hybridized carbons (Fsp3) is 0.571. The molecule has 1 aliphatic rings. The van der Waals surface area contributed by atoms with Gasteiger partial charge in [-0.1, -0.05) is 12.1 Å². The monoisotopic (exact) mass is 336 g/mol. The van der Waals surface area contributed by atoms with Gasteiger partial charge < -0.3 is 5.32 Å². The summed E-state index contributed by atoms with van der Waals surface area (Å²) in [5, 5.41) is 3.03. The fourth-order valence-electron chi connectivity index (χ4n) is 2.71. The normalized spacial score (nSPS) is 18.5. The van der Waals surface area contributed by atoms with E-state index < -0.39 is 26.7 Å². The Morgan fingerprint density at radius 3 is 2.36 bits per heavy atom. The van der Waals surface area contributed by atoms with Crippen molar-refractivity contribution in [2.75, 3.05) is 26.7 Å². The van der Waals surface area contributed by atoms with E-state index in [9.17, 15) is 21.6 Å².